The van der Waals surface area contributed by atoms with Crippen molar-refractivity contribution in [2.75, 3.05) is 13.6 Å². The van der Waals surface area contributed by atoms with Crippen LogP contribution in [0.3, 0.4) is 0 Å². The third-order valence-corrected chi connectivity index (χ3v) is 6.03. The molecule has 0 radical (unpaired) electrons. The molecule has 0 saturated carbocycles. The van der Waals surface area contributed by atoms with Gasteiger partial charge < -0.3 is 9.26 Å². The van der Waals surface area contributed by atoms with Gasteiger partial charge in [-0.25, -0.2) is 18.2 Å². The van der Waals surface area contributed by atoms with Crippen LogP contribution in [0.15, 0.2) is 28.8 Å². The van der Waals surface area contributed by atoms with E-state index in [0.717, 1.165) is 0 Å². The van der Waals surface area contributed by atoms with Gasteiger partial charge in [0.15, 0.2) is 5.82 Å². The Balaban J connectivity index is 1.60. The molecular formula is C22H23ClF3N5O2. The van der Waals surface area contributed by atoms with Crippen molar-refractivity contribution in [2.24, 2.45) is 0 Å². The molecule has 0 bridgehead atoms. The Bertz CT molecular complexity index is 1140. The van der Waals surface area contributed by atoms with E-state index in [2.05, 4.69) is 20.1 Å². The summed E-state index contributed by atoms with van der Waals surface area (Å²) >= 11 is 6.14. The molecule has 0 N–H and O–H groups in total. The number of benzene rings is 1. The fraction of sp³-hybridized carbons (Fsp3) is 0.455. The van der Waals surface area contributed by atoms with E-state index in [1.807, 2.05) is 18.9 Å². The zero-order valence-corrected chi connectivity index (χ0v) is 19.3. The zero-order chi connectivity index (χ0) is 23.9. The van der Waals surface area contributed by atoms with E-state index in [0.29, 0.717) is 13.0 Å². The number of alkyl halides is 1. The Morgan fingerprint density at radius 3 is 2.55 bits per heavy atom. The van der Waals surface area contributed by atoms with E-state index in [4.69, 9.17) is 20.9 Å². The lowest BCUT2D eigenvalue weighted by molar-refractivity contribution is 0.117. The van der Waals surface area contributed by atoms with Crippen molar-refractivity contribution in [3.63, 3.8) is 0 Å². The number of aromatic nitrogens is 4. The average molecular weight is 482 g/mol. The maximum Gasteiger partial charge on any atom is 0.295 e. The maximum atomic E-state index is 14.4. The molecule has 0 aliphatic carbocycles. The molecule has 1 fully saturated rings. The third kappa shape index (κ3) is 4.67. The van der Waals surface area contributed by atoms with E-state index in [9.17, 15) is 13.2 Å². The molecule has 3 atom stereocenters. The van der Waals surface area contributed by atoms with Gasteiger partial charge in [0.2, 0.25) is 11.7 Å². The first-order valence-electron chi connectivity index (χ1n) is 10.4. The number of hydrogen-bond donors (Lipinski definition) is 0. The normalized spacial score (nSPS) is 20.2. The van der Waals surface area contributed by atoms with Gasteiger partial charge in [-0.3, -0.25) is 4.90 Å². The topological polar surface area (TPSA) is 77.2 Å². The number of likely N-dealkylation sites (N-methyl/N-ethyl adjacent to an activating group) is 1. The lowest BCUT2D eigenvalue weighted by Gasteiger charge is -2.25. The average Bonchev–Trinajstić information content (AvgIpc) is 3.34. The van der Waals surface area contributed by atoms with Gasteiger partial charge in [-0.1, -0.05) is 22.8 Å². The van der Waals surface area contributed by atoms with Crippen LogP contribution < -0.4 is 4.74 Å². The molecule has 3 aromatic rings. The van der Waals surface area contributed by atoms with E-state index in [1.54, 1.807) is 13.8 Å². The first-order valence-corrected chi connectivity index (χ1v) is 10.8. The number of rotatable bonds is 6. The Morgan fingerprint density at radius 2 is 1.91 bits per heavy atom. The smallest absolute Gasteiger partial charge is 0.295 e. The number of likely N-dealkylation sites (tertiary alicyclic amines) is 1. The molecule has 0 amide bonds. The highest BCUT2D eigenvalue weighted by atomic mass is 35.5. The third-order valence-electron chi connectivity index (χ3n) is 5.83. The minimum atomic E-state index is -1.24. The van der Waals surface area contributed by atoms with Crippen molar-refractivity contribution < 1.29 is 22.4 Å². The summed E-state index contributed by atoms with van der Waals surface area (Å²) in [5.41, 5.74) is -1.42. The minimum absolute atomic E-state index is 0.00333. The second-order valence-electron chi connectivity index (χ2n) is 8.66. The summed E-state index contributed by atoms with van der Waals surface area (Å²) in [6.45, 7) is 5.32. The van der Waals surface area contributed by atoms with Crippen LogP contribution in [0, 0.1) is 11.6 Å². The van der Waals surface area contributed by atoms with E-state index >= 15 is 0 Å². The molecule has 1 aromatic carbocycles. The predicted molar refractivity (Wildman–Crippen MR) is 115 cm³/mol. The predicted octanol–water partition coefficient (Wildman–Crippen LogP) is 4.59. The van der Waals surface area contributed by atoms with Gasteiger partial charge in [0.05, 0.1) is 5.41 Å². The maximum absolute atomic E-state index is 14.4. The standard InChI is InChI=1S/C22H23ClF3N5O2/c1-11(15-8-12(24)10-31(15)4)32-17-9-16(23)27-19(28-17)20-29-21(30-33-20)22(2,3)18-13(25)6-5-7-14(18)26/h5-7,9,11-12,15H,8,10H2,1-4H3/t11-,12-,15-/m0/s1. The monoisotopic (exact) mass is 481 g/mol. The summed E-state index contributed by atoms with van der Waals surface area (Å²) in [5.74, 6) is -1.33. The van der Waals surface area contributed by atoms with Gasteiger partial charge >= 0.3 is 0 Å². The number of hydrogen-bond acceptors (Lipinski definition) is 7. The Kier molecular flexibility index (Phi) is 6.32. The molecule has 11 heteroatoms. The molecule has 0 unspecified atom stereocenters. The summed E-state index contributed by atoms with van der Waals surface area (Å²) in [6, 6.07) is 4.92. The molecule has 33 heavy (non-hydrogen) atoms. The van der Waals surface area contributed by atoms with Crippen LogP contribution in [-0.2, 0) is 5.41 Å². The minimum Gasteiger partial charge on any atom is -0.473 e. The van der Waals surface area contributed by atoms with Crippen molar-refractivity contribution >= 4 is 11.6 Å². The van der Waals surface area contributed by atoms with Crippen LogP contribution in [0.5, 0.6) is 5.88 Å². The van der Waals surface area contributed by atoms with Crippen LogP contribution in [0.2, 0.25) is 5.15 Å². The van der Waals surface area contributed by atoms with Crippen LogP contribution >= 0.6 is 11.6 Å². The van der Waals surface area contributed by atoms with Gasteiger partial charge in [0.25, 0.3) is 5.89 Å². The van der Waals surface area contributed by atoms with Gasteiger partial charge in [-0.15, -0.1) is 0 Å². The van der Waals surface area contributed by atoms with Crippen LogP contribution in [0.25, 0.3) is 11.7 Å². The first-order chi connectivity index (χ1) is 15.6. The van der Waals surface area contributed by atoms with Crippen molar-refractivity contribution in [2.45, 2.75) is 50.9 Å². The van der Waals surface area contributed by atoms with Crippen LogP contribution in [0.1, 0.15) is 38.6 Å². The molecular weight excluding hydrogens is 459 g/mol. The lowest BCUT2D eigenvalue weighted by atomic mass is 9.83. The van der Waals surface area contributed by atoms with E-state index in [-0.39, 0.29) is 46.3 Å². The van der Waals surface area contributed by atoms with Crippen molar-refractivity contribution in [1.82, 2.24) is 25.0 Å². The molecule has 1 saturated heterocycles. The van der Waals surface area contributed by atoms with Gasteiger partial charge in [-0.05, 0) is 46.4 Å². The van der Waals surface area contributed by atoms with Gasteiger partial charge in [0.1, 0.15) is 29.1 Å². The summed E-state index contributed by atoms with van der Waals surface area (Å²) in [7, 11) is 1.84. The molecule has 0 spiro atoms. The molecule has 4 rings (SSSR count). The fourth-order valence-electron chi connectivity index (χ4n) is 4.11. The van der Waals surface area contributed by atoms with Crippen LogP contribution in [0.4, 0.5) is 13.2 Å². The Morgan fingerprint density at radius 1 is 1.21 bits per heavy atom. The van der Waals surface area contributed by atoms with Crippen LogP contribution in [-0.4, -0.2) is 56.9 Å². The quantitative estimate of drug-likeness (QED) is 0.476. The first kappa shape index (κ1) is 23.4. The highest BCUT2D eigenvalue weighted by Gasteiger charge is 2.36. The summed E-state index contributed by atoms with van der Waals surface area (Å²) in [4.78, 5) is 14.5. The molecule has 2 aromatic heterocycles. The van der Waals surface area contributed by atoms with Gasteiger partial charge in [0, 0.05) is 24.2 Å². The van der Waals surface area contributed by atoms with E-state index in [1.165, 1.54) is 24.3 Å². The number of nitrogens with zero attached hydrogens (tertiary/aromatic N) is 5. The molecule has 1 aliphatic heterocycles. The van der Waals surface area contributed by atoms with Crippen molar-refractivity contribution in [1.29, 1.82) is 0 Å². The Labute approximate surface area is 193 Å². The second kappa shape index (κ2) is 8.90. The molecule has 7 nitrogen and oxygen atoms in total. The fourth-order valence-corrected chi connectivity index (χ4v) is 4.28. The second-order valence-corrected chi connectivity index (χ2v) is 9.05. The van der Waals surface area contributed by atoms with E-state index < -0.39 is 23.2 Å². The molecule has 3 heterocycles. The summed E-state index contributed by atoms with van der Waals surface area (Å²) in [6.07, 6.45) is -0.913. The molecule has 176 valence electrons. The van der Waals surface area contributed by atoms with Crippen molar-refractivity contribution in [3.05, 3.63) is 52.4 Å². The lowest BCUT2D eigenvalue weighted by Crippen LogP contribution is -2.38. The SMILES string of the molecule is C[C@H](Oc1cc(Cl)nc(-c2nc(C(C)(C)c3c(F)cccc3F)no2)n1)[C@@H]1C[C@H](F)CN1C. The largest absolute Gasteiger partial charge is 0.473 e. The number of halogens is 4. The highest BCUT2D eigenvalue weighted by Crippen LogP contribution is 2.34. The van der Waals surface area contributed by atoms with Crippen molar-refractivity contribution in [3.8, 4) is 17.6 Å². The highest BCUT2D eigenvalue weighted by molar-refractivity contribution is 6.29. The Hall–Kier alpha value is -2.72. The number of ether oxygens (including phenoxy) is 1. The summed E-state index contributed by atoms with van der Waals surface area (Å²) < 4.78 is 53.6. The summed E-state index contributed by atoms with van der Waals surface area (Å²) in [5, 5.41) is 3.97. The van der Waals surface area contributed by atoms with Gasteiger partial charge in [-0.2, -0.15) is 9.97 Å². The molecule has 1 aliphatic rings. The zero-order valence-electron chi connectivity index (χ0n) is 18.5.